The predicted octanol–water partition coefficient (Wildman–Crippen LogP) is 1.55. The molecule has 1 heterocycles. The van der Waals surface area contributed by atoms with Crippen LogP contribution in [0, 0.1) is 0 Å². The van der Waals surface area contributed by atoms with Gasteiger partial charge < -0.3 is 14.4 Å². The molecule has 1 fully saturated rings. The van der Waals surface area contributed by atoms with Gasteiger partial charge in [0.15, 0.2) is 0 Å². The standard InChI is InChI=1S/C15H22N2O3/c1-11(8-9-19-2)17-14(18)10-16-15(17)12-4-6-13(20-3)7-5-12/h4-7,11,15-16H,8-10H2,1-3H3. The molecule has 2 rings (SSSR count). The Morgan fingerprint density at radius 3 is 2.65 bits per heavy atom. The summed E-state index contributed by atoms with van der Waals surface area (Å²) < 4.78 is 10.3. The average Bonchev–Trinajstić information content (AvgIpc) is 2.86. The zero-order valence-electron chi connectivity index (χ0n) is 12.3. The van der Waals surface area contributed by atoms with E-state index >= 15 is 0 Å². The lowest BCUT2D eigenvalue weighted by molar-refractivity contribution is -0.130. The number of rotatable bonds is 6. The summed E-state index contributed by atoms with van der Waals surface area (Å²) in [5, 5.41) is 3.26. The van der Waals surface area contributed by atoms with Crippen molar-refractivity contribution in [2.24, 2.45) is 0 Å². The molecular formula is C15H22N2O3. The first kappa shape index (κ1) is 14.8. The molecule has 0 aromatic heterocycles. The van der Waals surface area contributed by atoms with Crippen LogP contribution in [0.3, 0.4) is 0 Å². The maximum Gasteiger partial charge on any atom is 0.238 e. The van der Waals surface area contributed by atoms with Gasteiger partial charge in [0, 0.05) is 19.8 Å². The smallest absolute Gasteiger partial charge is 0.238 e. The van der Waals surface area contributed by atoms with Crippen molar-refractivity contribution in [3.63, 3.8) is 0 Å². The van der Waals surface area contributed by atoms with Gasteiger partial charge in [0.2, 0.25) is 5.91 Å². The molecule has 1 amide bonds. The van der Waals surface area contributed by atoms with Gasteiger partial charge in [0.1, 0.15) is 11.9 Å². The van der Waals surface area contributed by atoms with Crippen molar-refractivity contribution in [1.29, 1.82) is 0 Å². The van der Waals surface area contributed by atoms with Crippen LogP contribution in [-0.2, 0) is 9.53 Å². The fourth-order valence-electron chi connectivity index (χ4n) is 2.51. The van der Waals surface area contributed by atoms with E-state index in [9.17, 15) is 4.79 Å². The van der Waals surface area contributed by atoms with Crippen LogP contribution in [0.15, 0.2) is 24.3 Å². The van der Waals surface area contributed by atoms with Crippen molar-refractivity contribution >= 4 is 5.91 Å². The van der Waals surface area contributed by atoms with Gasteiger partial charge in [-0.3, -0.25) is 10.1 Å². The number of methoxy groups -OCH3 is 2. The van der Waals surface area contributed by atoms with Crippen molar-refractivity contribution < 1.29 is 14.3 Å². The molecule has 5 heteroatoms. The number of benzene rings is 1. The van der Waals surface area contributed by atoms with Gasteiger partial charge in [0.05, 0.1) is 13.7 Å². The minimum Gasteiger partial charge on any atom is -0.497 e. The number of amides is 1. The average molecular weight is 278 g/mol. The molecule has 2 unspecified atom stereocenters. The molecule has 110 valence electrons. The number of carbonyl (C=O) groups is 1. The normalized spacial score (nSPS) is 20.2. The SMILES string of the molecule is COCCC(C)N1C(=O)CNC1c1ccc(OC)cc1. The molecule has 1 aliphatic rings. The zero-order valence-corrected chi connectivity index (χ0v) is 12.3. The van der Waals surface area contributed by atoms with Crippen molar-refractivity contribution in [3.8, 4) is 5.75 Å². The van der Waals surface area contributed by atoms with E-state index in [2.05, 4.69) is 12.2 Å². The highest BCUT2D eigenvalue weighted by Crippen LogP contribution is 2.27. The predicted molar refractivity (Wildman–Crippen MR) is 76.5 cm³/mol. The fourth-order valence-corrected chi connectivity index (χ4v) is 2.51. The molecule has 1 aliphatic heterocycles. The van der Waals surface area contributed by atoms with E-state index in [-0.39, 0.29) is 18.1 Å². The molecule has 0 radical (unpaired) electrons. The lowest BCUT2D eigenvalue weighted by Crippen LogP contribution is -2.38. The van der Waals surface area contributed by atoms with Crippen LogP contribution in [0.1, 0.15) is 25.1 Å². The molecular weight excluding hydrogens is 256 g/mol. The second-order valence-corrected chi connectivity index (χ2v) is 4.99. The van der Waals surface area contributed by atoms with E-state index < -0.39 is 0 Å². The Hall–Kier alpha value is -1.59. The van der Waals surface area contributed by atoms with Gasteiger partial charge in [-0.1, -0.05) is 12.1 Å². The van der Waals surface area contributed by atoms with Crippen molar-refractivity contribution in [2.75, 3.05) is 27.4 Å². The third kappa shape index (κ3) is 3.11. The third-order valence-corrected chi connectivity index (χ3v) is 3.66. The van der Waals surface area contributed by atoms with Gasteiger partial charge in [0.25, 0.3) is 0 Å². The summed E-state index contributed by atoms with van der Waals surface area (Å²) in [5.74, 6) is 0.950. The first-order valence-corrected chi connectivity index (χ1v) is 6.84. The third-order valence-electron chi connectivity index (χ3n) is 3.66. The van der Waals surface area contributed by atoms with Crippen LogP contribution in [0.2, 0.25) is 0 Å². The number of nitrogens with one attached hydrogen (secondary N) is 1. The largest absolute Gasteiger partial charge is 0.497 e. The Kier molecular flexibility index (Phi) is 4.98. The van der Waals surface area contributed by atoms with Crippen LogP contribution >= 0.6 is 0 Å². The Balaban J connectivity index is 2.13. The molecule has 2 atom stereocenters. The molecule has 5 nitrogen and oxygen atoms in total. The molecule has 0 aliphatic carbocycles. The summed E-state index contributed by atoms with van der Waals surface area (Å²) in [5.41, 5.74) is 1.07. The molecule has 20 heavy (non-hydrogen) atoms. The van der Waals surface area contributed by atoms with Crippen LogP contribution in [0.25, 0.3) is 0 Å². The number of nitrogens with zero attached hydrogens (tertiary/aromatic N) is 1. The van der Waals surface area contributed by atoms with Crippen LogP contribution in [0.4, 0.5) is 0 Å². The maximum absolute atomic E-state index is 12.1. The minimum atomic E-state index is -0.0692. The molecule has 1 aromatic carbocycles. The Bertz CT molecular complexity index is 447. The van der Waals surface area contributed by atoms with E-state index in [1.165, 1.54) is 0 Å². The number of ether oxygens (including phenoxy) is 2. The zero-order chi connectivity index (χ0) is 14.5. The highest BCUT2D eigenvalue weighted by atomic mass is 16.5. The highest BCUT2D eigenvalue weighted by molar-refractivity contribution is 5.81. The highest BCUT2D eigenvalue weighted by Gasteiger charge is 2.34. The second-order valence-electron chi connectivity index (χ2n) is 4.99. The van der Waals surface area contributed by atoms with E-state index in [4.69, 9.17) is 9.47 Å². The van der Waals surface area contributed by atoms with Crippen LogP contribution < -0.4 is 10.1 Å². The molecule has 1 aromatic rings. The quantitative estimate of drug-likeness (QED) is 0.858. The summed E-state index contributed by atoms with van der Waals surface area (Å²) in [6, 6.07) is 7.95. The van der Waals surface area contributed by atoms with Gasteiger partial charge in [-0.25, -0.2) is 0 Å². The van der Waals surface area contributed by atoms with Gasteiger partial charge in [-0.2, -0.15) is 0 Å². The first-order chi connectivity index (χ1) is 9.67. The van der Waals surface area contributed by atoms with Crippen molar-refractivity contribution in [3.05, 3.63) is 29.8 Å². The van der Waals surface area contributed by atoms with Crippen molar-refractivity contribution in [2.45, 2.75) is 25.6 Å². The summed E-state index contributed by atoms with van der Waals surface area (Å²) in [7, 11) is 3.32. The minimum absolute atomic E-state index is 0.0692. The van der Waals surface area contributed by atoms with E-state index in [0.29, 0.717) is 13.2 Å². The number of carbonyl (C=O) groups excluding carboxylic acids is 1. The molecule has 1 saturated heterocycles. The summed E-state index contributed by atoms with van der Waals surface area (Å²) in [6.45, 7) is 3.09. The van der Waals surface area contributed by atoms with Crippen LogP contribution in [-0.4, -0.2) is 44.2 Å². The Morgan fingerprint density at radius 1 is 1.35 bits per heavy atom. The van der Waals surface area contributed by atoms with Gasteiger partial charge >= 0.3 is 0 Å². The van der Waals surface area contributed by atoms with Gasteiger partial charge in [-0.05, 0) is 31.0 Å². The fraction of sp³-hybridized carbons (Fsp3) is 0.533. The lowest BCUT2D eigenvalue weighted by atomic mass is 10.1. The monoisotopic (exact) mass is 278 g/mol. The van der Waals surface area contributed by atoms with Crippen molar-refractivity contribution in [1.82, 2.24) is 10.2 Å². The maximum atomic E-state index is 12.1. The Morgan fingerprint density at radius 2 is 2.05 bits per heavy atom. The van der Waals surface area contributed by atoms with E-state index in [1.807, 2.05) is 29.2 Å². The van der Waals surface area contributed by atoms with E-state index in [0.717, 1.165) is 17.7 Å². The summed E-state index contributed by atoms with van der Waals surface area (Å²) >= 11 is 0. The lowest BCUT2D eigenvalue weighted by Gasteiger charge is -2.30. The summed E-state index contributed by atoms with van der Waals surface area (Å²) in [6.07, 6.45) is 0.761. The second kappa shape index (κ2) is 6.72. The first-order valence-electron chi connectivity index (χ1n) is 6.84. The van der Waals surface area contributed by atoms with E-state index in [1.54, 1.807) is 14.2 Å². The number of hydrogen-bond acceptors (Lipinski definition) is 4. The Labute approximate surface area is 119 Å². The van der Waals surface area contributed by atoms with Crippen LogP contribution in [0.5, 0.6) is 5.75 Å². The molecule has 0 spiro atoms. The molecule has 0 bridgehead atoms. The number of hydrogen-bond donors (Lipinski definition) is 1. The molecule has 1 N–H and O–H groups in total. The topological polar surface area (TPSA) is 50.8 Å². The molecule has 0 saturated carbocycles. The summed E-state index contributed by atoms with van der Waals surface area (Å²) in [4.78, 5) is 14.0. The van der Waals surface area contributed by atoms with Gasteiger partial charge in [-0.15, -0.1) is 0 Å².